The number of pyridine rings is 1. The summed E-state index contributed by atoms with van der Waals surface area (Å²) in [7, 11) is 0. The highest BCUT2D eigenvalue weighted by atomic mass is 79.9. The molecule has 102 valence electrons. The van der Waals surface area contributed by atoms with Crippen LogP contribution in [-0.4, -0.2) is 21.3 Å². The van der Waals surface area contributed by atoms with Crippen LogP contribution in [0.3, 0.4) is 0 Å². The maximum Gasteiger partial charge on any atom is 0.126 e. The van der Waals surface area contributed by atoms with E-state index in [0.29, 0.717) is 11.6 Å². The Labute approximate surface area is 126 Å². The molecule has 0 aromatic carbocycles. The second kappa shape index (κ2) is 5.92. The van der Waals surface area contributed by atoms with Crippen LogP contribution >= 0.6 is 27.5 Å². The summed E-state index contributed by atoms with van der Waals surface area (Å²) in [5, 5.41) is 8.31. The quantitative estimate of drug-likeness (QED) is 0.918. The third-order valence-corrected chi connectivity index (χ3v) is 4.36. The topological polar surface area (TPSA) is 42.7 Å². The van der Waals surface area contributed by atoms with Crippen molar-refractivity contribution in [3.8, 4) is 0 Å². The van der Waals surface area contributed by atoms with E-state index in [2.05, 4.69) is 31.3 Å². The normalized spacial score (nSPS) is 10.8. The van der Waals surface area contributed by atoms with Crippen LogP contribution in [0, 0.1) is 13.8 Å². The number of halogens is 2. The van der Waals surface area contributed by atoms with Crippen molar-refractivity contribution in [1.29, 1.82) is 0 Å². The average molecular weight is 344 g/mol. The minimum Gasteiger partial charge on any atom is -0.370 e. The second-order valence-corrected chi connectivity index (χ2v) is 5.50. The minimum absolute atomic E-state index is 0.566. The first kappa shape index (κ1) is 14.3. The highest BCUT2D eigenvalue weighted by Gasteiger charge is 2.11. The van der Waals surface area contributed by atoms with Gasteiger partial charge in [-0.25, -0.2) is 4.98 Å². The number of hydrogen-bond donors (Lipinski definition) is 1. The zero-order chi connectivity index (χ0) is 14.0. The van der Waals surface area contributed by atoms with Crippen LogP contribution in [0.1, 0.15) is 24.0 Å². The number of aromatic nitrogens is 3. The van der Waals surface area contributed by atoms with Gasteiger partial charge >= 0.3 is 0 Å². The lowest BCUT2D eigenvalue weighted by Gasteiger charge is -2.09. The summed E-state index contributed by atoms with van der Waals surface area (Å²) in [5.74, 6) is 0.836. The Morgan fingerprint density at radius 2 is 2.11 bits per heavy atom. The summed E-state index contributed by atoms with van der Waals surface area (Å²) in [4.78, 5) is 4.52. The molecule has 0 saturated heterocycles. The number of anilines is 1. The molecule has 6 heteroatoms. The van der Waals surface area contributed by atoms with Gasteiger partial charge in [-0.1, -0.05) is 11.6 Å². The highest BCUT2D eigenvalue weighted by Crippen LogP contribution is 2.23. The first-order chi connectivity index (χ1) is 9.02. The van der Waals surface area contributed by atoms with Crippen molar-refractivity contribution in [2.24, 2.45) is 0 Å². The molecule has 0 atom stereocenters. The molecule has 0 aliphatic carbocycles. The molecule has 0 fully saturated rings. The van der Waals surface area contributed by atoms with Crippen LogP contribution in [0.25, 0.3) is 0 Å². The molecule has 0 aliphatic rings. The lowest BCUT2D eigenvalue weighted by atomic mass is 10.3. The van der Waals surface area contributed by atoms with E-state index in [-0.39, 0.29) is 0 Å². The molecule has 0 radical (unpaired) electrons. The molecule has 2 rings (SSSR count). The zero-order valence-electron chi connectivity index (χ0n) is 11.2. The van der Waals surface area contributed by atoms with E-state index in [4.69, 9.17) is 11.6 Å². The fraction of sp³-hybridized carbons (Fsp3) is 0.385. The maximum atomic E-state index is 6.20. The van der Waals surface area contributed by atoms with Gasteiger partial charge in [-0.15, -0.1) is 0 Å². The van der Waals surface area contributed by atoms with Gasteiger partial charge in [0.2, 0.25) is 0 Å². The monoisotopic (exact) mass is 342 g/mol. The summed E-state index contributed by atoms with van der Waals surface area (Å²) in [6.45, 7) is 7.42. The van der Waals surface area contributed by atoms with Crippen molar-refractivity contribution in [3.05, 3.63) is 38.7 Å². The van der Waals surface area contributed by atoms with Crippen molar-refractivity contribution < 1.29 is 0 Å². The van der Waals surface area contributed by atoms with Gasteiger partial charge in [-0.2, -0.15) is 5.10 Å². The van der Waals surface area contributed by atoms with Crippen LogP contribution in [0.4, 0.5) is 5.82 Å². The summed E-state index contributed by atoms with van der Waals surface area (Å²) in [5.41, 5.74) is 2.86. The van der Waals surface area contributed by atoms with E-state index >= 15 is 0 Å². The van der Waals surface area contributed by atoms with Gasteiger partial charge in [-0.05, 0) is 48.8 Å². The molecule has 2 heterocycles. The molecule has 2 aromatic heterocycles. The van der Waals surface area contributed by atoms with Gasteiger partial charge < -0.3 is 5.32 Å². The van der Waals surface area contributed by atoms with E-state index in [1.807, 2.05) is 37.6 Å². The van der Waals surface area contributed by atoms with E-state index in [9.17, 15) is 0 Å². The van der Waals surface area contributed by atoms with Crippen molar-refractivity contribution in [1.82, 2.24) is 14.8 Å². The lowest BCUT2D eigenvalue weighted by Crippen LogP contribution is -2.08. The van der Waals surface area contributed by atoms with Crippen molar-refractivity contribution >= 4 is 33.3 Å². The smallest absolute Gasteiger partial charge is 0.126 e. The van der Waals surface area contributed by atoms with E-state index in [1.165, 1.54) is 0 Å². The van der Waals surface area contributed by atoms with Gasteiger partial charge in [-0.3, -0.25) is 4.68 Å². The molecule has 0 spiro atoms. The van der Waals surface area contributed by atoms with E-state index < -0.39 is 0 Å². The summed E-state index contributed by atoms with van der Waals surface area (Å²) < 4.78 is 2.94. The van der Waals surface area contributed by atoms with Gasteiger partial charge in [0.25, 0.3) is 0 Å². The summed E-state index contributed by atoms with van der Waals surface area (Å²) >= 11 is 9.72. The summed E-state index contributed by atoms with van der Waals surface area (Å²) in [6.07, 6.45) is 0. The fourth-order valence-corrected chi connectivity index (χ4v) is 2.29. The molecule has 0 bridgehead atoms. The van der Waals surface area contributed by atoms with Gasteiger partial charge in [0.1, 0.15) is 5.82 Å². The molecular formula is C13H16BrClN4. The molecule has 19 heavy (non-hydrogen) atoms. The Morgan fingerprint density at radius 3 is 2.68 bits per heavy atom. The molecule has 0 aliphatic heterocycles. The average Bonchev–Trinajstić information content (AvgIpc) is 2.62. The molecule has 1 N–H and O–H groups in total. The van der Waals surface area contributed by atoms with Crippen LogP contribution in [0.2, 0.25) is 5.02 Å². The van der Waals surface area contributed by atoms with Gasteiger partial charge in [0.15, 0.2) is 0 Å². The molecule has 2 aromatic rings. The third kappa shape index (κ3) is 3.09. The maximum absolute atomic E-state index is 6.20. The largest absolute Gasteiger partial charge is 0.370 e. The Balaban J connectivity index is 2.31. The minimum atomic E-state index is 0.566. The van der Waals surface area contributed by atoms with E-state index in [0.717, 1.165) is 33.9 Å². The zero-order valence-corrected chi connectivity index (χ0v) is 13.5. The van der Waals surface area contributed by atoms with Crippen LogP contribution in [-0.2, 0) is 6.54 Å². The number of nitrogens with one attached hydrogen (secondary N) is 1. The number of aryl methyl sites for hydroxylation is 1. The standard InChI is InChI=1S/C13H16BrClN4/c1-4-16-12-6-5-10(15)11(17-12)7-19-9(3)13(14)8(2)18-19/h5-6H,4,7H2,1-3H3,(H,16,17). The predicted molar refractivity (Wildman–Crippen MR) is 81.9 cm³/mol. The van der Waals surface area contributed by atoms with Crippen molar-refractivity contribution in [3.63, 3.8) is 0 Å². The van der Waals surface area contributed by atoms with Crippen molar-refractivity contribution in [2.45, 2.75) is 27.3 Å². The number of nitrogens with zero attached hydrogens (tertiary/aromatic N) is 3. The summed E-state index contributed by atoms with van der Waals surface area (Å²) in [6, 6.07) is 3.75. The number of rotatable bonds is 4. The fourth-order valence-electron chi connectivity index (χ4n) is 1.85. The molecule has 0 amide bonds. The Morgan fingerprint density at radius 1 is 1.37 bits per heavy atom. The highest BCUT2D eigenvalue weighted by molar-refractivity contribution is 9.10. The molecule has 0 unspecified atom stereocenters. The van der Waals surface area contributed by atoms with Crippen LogP contribution < -0.4 is 5.32 Å². The molecule has 0 saturated carbocycles. The first-order valence-electron chi connectivity index (χ1n) is 6.11. The SMILES string of the molecule is CCNc1ccc(Cl)c(Cn2nc(C)c(Br)c2C)n1. The van der Waals surface area contributed by atoms with Gasteiger partial charge in [0.05, 0.1) is 33.1 Å². The molecule has 4 nitrogen and oxygen atoms in total. The Hall–Kier alpha value is -1.07. The van der Waals surface area contributed by atoms with E-state index in [1.54, 1.807) is 0 Å². The predicted octanol–water partition coefficient (Wildman–Crippen LogP) is 3.79. The lowest BCUT2D eigenvalue weighted by molar-refractivity contribution is 0.647. The van der Waals surface area contributed by atoms with Crippen LogP contribution in [0.5, 0.6) is 0 Å². The number of hydrogen-bond acceptors (Lipinski definition) is 3. The second-order valence-electron chi connectivity index (χ2n) is 4.30. The Bertz CT molecular complexity index is 595. The molecular weight excluding hydrogens is 328 g/mol. The van der Waals surface area contributed by atoms with Gasteiger partial charge in [0, 0.05) is 6.54 Å². The first-order valence-corrected chi connectivity index (χ1v) is 7.28. The third-order valence-electron chi connectivity index (χ3n) is 2.87. The Kier molecular flexibility index (Phi) is 4.47. The van der Waals surface area contributed by atoms with Crippen molar-refractivity contribution in [2.75, 3.05) is 11.9 Å². The van der Waals surface area contributed by atoms with Crippen LogP contribution in [0.15, 0.2) is 16.6 Å².